The van der Waals surface area contributed by atoms with E-state index in [9.17, 15) is 15.3 Å². The SMILES string of the molecule is COC(C)(C)CCC(O)CCCC(O)CCC(C)(C)CO. The molecule has 4 nitrogen and oxygen atoms in total. The third-order valence-corrected chi connectivity index (χ3v) is 4.29. The fourth-order valence-electron chi connectivity index (χ4n) is 2.13. The van der Waals surface area contributed by atoms with Crippen molar-refractivity contribution in [1.29, 1.82) is 0 Å². The fourth-order valence-corrected chi connectivity index (χ4v) is 2.13. The van der Waals surface area contributed by atoms with Crippen LogP contribution in [-0.4, -0.2) is 46.8 Å². The van der Waals surface area contributed by atoms with Crippen LogP contribution in [0.3, 0.4) is 0 Å². The summed E-state index contributed by atoms with van der Waals surface area (Å²) in [7, 11) is 1.69. The summed E-state index contributed by atoms with van der Waals surface area (Å²) in [4.78, 5) is 0. The van der Waals surface area contributed by atoms with Crippen molar-refractivity contribution in [2.75, 3.05) is 13.7 Å². The minimum Gasteiger partial charge on any atom is -0.396 e. The molecule has 0 aliphatic heterocycles. The van der Waals surface area contributed by atoms with Crippen LogP contribution in [0.1, 0.15) is 72.6 Å². The number of aliphatic hydroxyl groups is 3. The molecule has 0 radical (unpaired) electrons. The Morgan fingerprint density at radius 1 is 0.857 bits per heavy atom. The molecule has 0 saturated carbocycles. The second-order valence-corrected chi connectivity index (χ2v) is 7.60. The Labute approximate surface area is 130 Å². The normalized spacial score (nSPS) is 16.0. The fraction of sp³-hybridized carbons (Fsp3) is 1.00. The average Bonchev–Trinajstić information content (AvgIpc) is 2.43. The van der Waals surface area contributed by atoms with Gasteiger partial charge in [-0.1, -0.05) is 13.8 Å². The van der Waals surface area contributed by atoms with Crippen LogP contribution < -0.4 is 0 Å². The van der Waals surface area contributed by atoms with Crippen molar-refractivity contribution in [1.82, 2.24) is 0 Å². The van der Waals surface area contributed by atoms with Crippen LogP contribution >= 0.6 is 0 Å². The van der Waals surface area contributed by atoms with Gasteiger partial charge in [-0.15, -0.1) is 0 Å². The summed E-state index contributed by atoms with van der Waals surface area (Å²) in [5.41, 5.74) is -0.303. The lowest BCUT2D eigenvalue weighted by molar-refractivity contribution is 0.00165. The summed E-state index contributed by atoms with van der Waals surface area (Å²) < 4.78 is 5.33. The minimum absolute atomic E-state index is 0.119. The van der Waals surface area contributed by atoms with E-state index in [1.165, 1.54) is 0 Å². The van der Waals surface area contributed by atoms with Gasteiger partial charge in [-0.2, -0.15) is 0 Å². The van der Waals surface area contributed by atoms with E-state index in [2.05, 4.69) is 0 Å². The predicted molar refractivity (Wildman–Crippen MR) is 86.3 cm³/mol. The van der Waals surface area contributed by atoms with Crippen molar-refractivity contribution >= 4 is 0 Å². The van der Waals surface area contributed by atoms with Gasteiger partial charge in [-0.25, -0.2) is 0 Å². The third-order valence-electron chi connectivity index (χ3n) is 4.29. The van der Waals surface area contributed by atoms with Crippen molar-refractivity contribution in [3.05, 3.63) is 0 Å². The number of rotatable bonds is 12. The molecule has 0 aliphatic carbocycles. The van der Waals surface area contributed by atoms with Gasteiger partial charge in [0.15, 0.2) is 0 Å². The molecular weight excluding hydrogens is 268 g/mol. The predicted octanol–water partition coefficient (Wildman–Crippen LogP) is 2.88. The highest BCUT2D eigenvalue weighted by Gasteiger charge is 2.20. The Hall–Kier alpha value is -0.160. The van der Waals surface area contributed by atoms with Crippen molar-refractivity contribution in [3.63, 3.8) is 0 Å². The molecule has 3 N–H and O–H groups in total. The molecular formula is C17H36O4. The Kier molecular flexibility index (Phi) is 9.70. The van der Waals surface area contributed by atoms with Gasteiger partial charge in [-0.3, -0.25) is 0 Å². The molecule has 4 heteroatoms. The number of hydrogen-bond acceptors (Lipinski definition) is 4. The first kappa shape index (κ1) is 20.8. The van der Waals surface area contributed by atoms with Crippen molar-refractivity contribution in [2.24, 2.45) is 5.41 Å². The standard InChI is InChI=1S/C17H36O4/c1-16(2,13-18)11-9-14(19)7-6-8-15(20)10-12-17(3,4)21-5/h14-15,18-20H,6-13H2,1-5H3. The van der Waals surface area contributed by atoms with Gasteiger partial charge in [0.1, 0.15) is 0 Å². The topological polar surface area (TPSA) is 69.9 Å². The Morgan fingerprint density at radius 3 is 1.76 bits per heavy atom. The van der Waals surface area contributed by atoms with Crippen molar-refractivity contribution < 1.29 is 20.1 Å². The monoisotopic (exact) mass is 304 g/mol. The largest absolute Gasteiger partial charge is 0.396 e. The Morgan fingerprint density at radius 2 is 1.33 bits per heavy atom. The third kappa shape index (κ3) is 11.1. The van der Waals surface area contributed by atoms with Crippen LogP contribution in [0, 0.1) is 5.41 Å². The highest BCUT2D eigenvalue weighted by molar-refractivity contribution is 4.72. The summed E-state index contributed by atoms with van der Waals surface area (Å²) in [5.74, 6) is 0. The molecule has 0 aromatic carbocycles. The molecule has 128 valence electrons. The van der Waals surface area contributed by atoms with E-state index in [0.717, 1.165) is 32.1 Å². The lowest BCUT2D eigenvalue weighted by Crippen LogP contribution is -2.24. The van der Waals surface area contributed by atoms with E-state index in [1.54, 1.807) is 7.11 Å². The number of aliphatic hydroxyl groups excluding tert-OH is 3. The maximum Gasteiger partial charge on any atom is 0.0623 e. The van der Waals surface area contributed by atoms with Gasteiger partial charge >= 0.3 is 0 Å². The zero-order valence-corrected chi connectivity index (χ0v) is 14.6. The first-order valence-corrected chi connectivity index (χ1v) is 8.14. The van der Waals surface area contributed by atoms with Crippen molar-refractivity contribution in [3.8, 4) is 0 Å². The molecule has 0 aliphatic rings. The maximum atomic E-state index is 9.95. The molecule has 2 unspecified atom stereocenters. The molecule has 0 heterocycles. The molecule has 0 rings (SSSR count). The molecule has 21 heavy (non-hydrogen) atoms. The Bertz CT molecular complexity index is 238. The van der Waals surface area contributed by atoms with E-state index in [1.807, 2.05) is 27.7 Å². The zero-order valence-electron chi connectivity index (χ0n) is 14.6. The average molecular weight is 304 g/mol. The first-order chi connectivity index (χ1) is 9.62. The molecule has 0 spiro atoms. The van der Waals surface area contributed by atoms with Crippen LogP contribution in [0.5, 0.6) is 0 Å². The number of methoxy groups -OCH3 is 1. The quantitative estimate of drug-likeness (QED) is 0.518. The van der Waals surface area contributed by atoms with Gasteiger partial charge in [-0.05, 0) is 64.2 Å². The summed E-state index contributed by atoms with van der Waals surface area (Å²) in [6.45, 7) is 8.19. The van der Waals surface area contributed by atoms with Crippen LogP contribution in [0.4, 0.5) is 0 Å². The smallest absolute Gasteiger partial charge is 0.0623 e. The minimum atomic E-state index is -0.335. The summed E-state index contributed by atoms with van der Waals surface area (Å²) in [6.07, 6.45) is 4.70. The molecule has 0 aromatic rings. The molecule has 0 aromatic heterocycles. The summed E-state index contributed by atoms with van der Waals surface area (Å²) >= 11 is 0. The van der Waals surface area contributed by atoms with E-state index in [4.69, 9.17) is 4.74 Å². The number of hydrogen-bond donors (Lipinski definition) is 3. The van der Waals surface area contributed by atoms with Crippen molar-refractivity contribution in [2.45, 2.75) is 90.4 Å². The summed E-state index contributed by atoms with van der Waals surface area (Å²) in [5, 5.41) is 29.1. The summed E-state index contributed by atoms with van der Waals surface area (Å²) in [6, 6.07) is 0. The van der Waals surface area contributed by atoms with Gasteiger partial charge in [0.2, 0.25) is 0 Å². The van der Waals surface area contributed by atoms with E-state index in [0.29, 0.717) is 12.8 Å². The molecule has 0 fully saturated rings. The molecule has 2 atom stereocenters. The van der Waals surface area contributed by atoms with E-state index < -0.39 is 0 Å². The van der Waals surface area contributed by atoms with Gasteiger partial charge in [0, 0.05) is 13.7 Å². The van der Waals surface area contributed by atoms with Crippen LogP contribution in [0.15, 0.2) is 0 Å². The molecule has 0 bridgehead atoms. The van der Waals surface area contributed by atoms with Crippen LogP contribution in [-0.2, 0) is 4.74 Å². The van der Waals surface area contributed by atoms with E-state index in [-0.39, 0.29) is 29.8 Å². The van der Waals surface area contributed by atoms with Crippen LogP contribution in [0.25, 0.3) is 0 Å². The maximum absolute atomic E-state index is 9.95. The van der Waals surface area contributed by atoms with Crippen LogP contribution in [0.2, 0.25) is 0 Å². The zero-order chi connectivity index (χ0) is 16.5. The lowest BCUT2D eigenvalue weighted by atomic mass is 9.87. The highest BCUT2D eigenvalue weighted by atomic mass is 16.5. The van der Waals surface area contributed by atoms with Gasteiger partial charge in [0.05, 0.1) is 17.8 Å². The molecule has 0 saturated heterocycles. The number of ether oxygens (including phenoxy) is 1. The first-order valence-electron chi connectivity index (χ1n) is 8.14. The second kappa shape index (κ2) is 9.78. The second-order valence-electron chi connectivity index (χ2n) is 7.60. The molecule has 0 amide bonds. The van der Waals surface area contributed by atoms with Gasteiger partial charge < -0.3 is 20.1 Å². The highest BCUT2D eigenvalue weighted by Crippen LogP contribution is 2.24. The van der Waals surface area contributed by atoms with E-state index >= 15 is 0 Å². The Balaban J connectivity index is 3.73. The van der Waals surface area contributed by atoms with Gasteiger partial charge in [0.25, 0.3) is 0 Å². The lowest BCUT2D eigenvalue weighted by Gasteiger charge is -2.24.